The van der Waals surface area contributed by atoms with Gasteiger partial charge in [-0.3, -0.25) is 4.79 Å². The van der Waals surface area contributed by atoms with Crippen LogP contribution in [0.5, 0.6) is 0 Å². The molecule has 0 aliphatic rings. The van der Waals surface area contributed by atoms with E-state index < -0.39 is 6.10 Å². The molecule has 1 N–H and O–H groups in total. The molecule has 0 heterocycles. The van der Waals surface area contributed by atoms with Crippen molar-refractivity contribution in [2.24, 2.45) is 10.2 Å². The molecule has 0 saturated heterocycles. The summed E-state index contributed by atoms with van der Waals surface area (Å²) in [5.74, 6) is 0.0384. The first-order chi connectivity index (χ1) is 10.7. The van der Waals surface area contributed by atoms with Gasteiger partial charge in [0.05, 0.1) is 17.5 Å². The molecule has 22 heavy (non-hydrogen) atoms. The molecule has 2 rings (SSSR count). The van der Waals surface area contributed by atoms with E-state index in [2.05, 4.69) is 10.2 Å². The molecule has 0 aliphatic heterocycles. The summed E-state index contributed by atoms with van der Waals surface area (Å²) in [6, 6.07) is 14.5. The van der Waals surface area contributed by atoms with Gasteiger partial charge in [0.2, 0.25) is 0 Å². The van der Waals surface area contributed by atoms with Gasteiger partial charge in [-0.2, -0.15) is 5.11 Å². The second-order valence-electron chi connectivity index (χ2n) is 4.98. The Morgan fingerprint density at radius 3 is 2.27 bits per heavy atom. The summed E-state index contributed by atoms with van der Waals surface area (Å²) in [6.07, 6.45) is 0.470. The lowest BCUT2D eigenvalue weighted by atomic mass is 10.1. The lowest BCUT2D eigenvalue weighted by Gasteiger charge is -2.10. The van der Waals surface area contributed by atoms with Crippen LogP contribution in [0.25, 0.3) is 0 Å². The molecule has 2 aromatic carbocycles. The van der Waals surface area contributed by atoms with Gasteiger partial charge in [-0.05, 0) is 24.6 Å². The minimum absolute atomic E-state index is 0.0384. The fourth-order valence-electron chi connectivity index (χ4n) is 2.18. The van der Waals surface area contributed by atoms with E-state index in [4.69, 9.17) is 0 Å². The highest BCUT2D eigenvalue weighted by atomic mass is 16.3. The Morgan fingerprint density at radius 1 is 1.00 bits per heavy atom. The number of Topliss-reactive ketones (excluding diaryl/α,β-unsaturated/α-hetero) is 1. The molecule has 1 atom stereocenters. The summed E-state index contributed by atoms with van der Waals surface area (Å²) in [6.45, 7) is 3.73. The van der Waals surface area contributed by atoms with Crippen LogP contribution < -0.4 is 0 Å². The first-order valence-corrected chi connectivity index (χ1v) is 7.48. The van der Waals surface area contributed by atoms with Gasteiger partial charge in [-0.15, -0.1) is 5.11 Å². The third-order valence-electron chi connectivity index (χ3n) is 3.47. The first kappa shape index (κ1) is 16.0. The van der Waals surface area contributed by atoms with Crippen molar-refractivity contribution < 1.29 is 9.90 Å². The van der Waals surface area contributed by atoms with Crippen molar-refractivity contribution in [3.63, 3.8) is 0 Å². The van der Waals surface area contributed by atoms with Gasteiger partial charge in [0.1, 0.15) is 0 Å². The van der Waals surface area contributed by atoms with E-state index in [0.29, 0.717) is 29.8 Å². The highest BCUT2D eigenvalue weighted by Crippen LogP contribution is 2.29. The van der Waals surface area contributed by atoms with Crippen LogP contribution in [0.1, 0.15) is 48.7 Å². The quantitative estimate of drug-likeness (QED) is 0.592. The lowest BCUT2D eigenvalue weighted by molar-refractivity contribution is 0.0988. The van der Waals surface area contributed by atoms with Gasteiger partial charge < -0.3 is 5.11 Å². The van der Waals surface area contributed by atoms with E-state index in [1.54, 1.807) is 12.1 Å². The number of azo groups is 1. The molecule has 0 aromatic heterocycles. The molecule has 4 heteroatoms. The SMILES string of the molecule is CCC(=O)c1ccccc1N=Nc1ccccc1C(O)CC. The average Bonchev–Trinajstić information content (AvgIpc) is 2.59. The highest BCUT2D eigenvalue weighted by molar-refractivity contribution is 6.00. The van der Waals surface area contributed by atoms with E-state index in [1.165, 1.54) is 0 Å². The molecular weight excluding hydrogens is 276 g/mol. The van der Waals surface area contributed by atoms with Gasteiger partial charge in [-0.1, -0.05) is 44.2 Å². The molecule has 0 spiro atoms. The Morgan fingerprint density at radius 2 is 1.59 bits per heavy atom. The molecule has 0 saturated carbocycles. The number of hydrogen-bond donors (Lipinski definition) is 1. The van der Waals surface area contributed by atoms with Crippen LogP contribution >= 0.6 is 0 Å². The predicted octanol–water partition coefficient (Wildman–Crippen LogP) is 5.14. The minimum atomic E-state index is -0.567. The smallest absolute Gasteiger partial charge is 0.164 e. The van der Waals surface area contributed by atoms with Crippen molar-refractivity contribution in [2.75, 3.05) is 0 Å². The Labute approximate surface area is 130 Å². The van der Waals surface area contributed by atoms with Gasteiger partial charge in [0.25, 0.3) is 0 Å². The van der Waals surface area contributed by atoms with Crippen molar-refractivity contribution in [1.82, 2.24) is 0 Å². The van der Waals surface area contributed by atoms with Crippen LogP contribution in [0, 0.1) is 0 Å². The number of nitrogens with zero attached hydrogens (tertiary/aromatic N) is 2. The monoisotopic (exact) mass is 296 g/mol. The normalized spacial score (nSPS) is 12.5. The van der Waals surface area contributed by atoms with E-state index in [9.17, 15) is 9.90 Å². The molecular formula is C18H20N2O2. The van der Waals surface area contributed by atoms with E-state index in [1.807, 2.05) is 50.2 Å². The van der Waals surface area contributed by atoms with Crippen LogP contribution in [0.4, 0.5) is 11.4 Å². The molecule has 0 fully saturated rings. The third kappa shape index (κ3) is 3.65. The lowest BCUT2D eigenvalue weighted by Crippen LogP contribution is -1.96. The highest BCUT2D eigenvalue weighted by Gasteiger charge is 2.11. The zero-order chi connectivity index (χ0) is 15.9. The number of carbonyl (C=O) groups excluding carboxylic acids is 1. The molecule has 2 aromatic rings. The fraction of sp³-hybridized carbons (Fsp3) is 0.278. The Bertz CT molecular complexity index is 680. The van der Waals surface area contributed by atoms with Crippen LogP contribution in [-0.2, 0) is 0 Å². The molecule has 4 nitrogen and oxygen atoms in total. The largest absolute Gasteiger partial charge is 0.388 e. The summed E-state index contributed by atoms with van der Waals surface area (Å²) < 4.78 is 0. The summed E-state index contributed by atoms with van der Waals surface area (Å²) in [4.78, 5) is 11.9. The summed E-state index contributed by atoms with van der Waals surface area (Å²) in [5, 5.41) is 18.5. The minimum Gasteiger partial charge on any atom is -0.388 e. The number of carbonyl (C=O) groups is 1. The van der Waals surface area contributed by atoms with Crippen LogP contribution in [0.2, 0.25) is 0 Å². The number of aliphatic hydroxyl groups is 1. The van der Waals surface area contributed by atoms with Gasteiger partial charge in [-0.25, -0.2) is 0 Å². The summed E-state index contributed by atoms with van der Waals surface area (Å²) in [7, 11) is 0. The first-order valence-electron chi connectivity index (χ1n) is 7.48. The number of hydrogen-bond acceptors (Lipinski definition) is 4. The Hall–Kier alpha value is -2.33. The summed E-state index contributed by atoms with van der Waals surface area (Å²) >= 11 is 0. The van der Waals surface area contributed by atoms with Gasteiger partial charge in [0, 0.05) is 17.5 Å². The number of rotatable bonds is 6. The topological polar surface area (TPSA) is 62.0 Å². The van der Waals surface area contributed by atoms with E-state index in [0.717, 1.165) is 5.56 Å². The van der Waals surface area contributed by atoms with Crippen molar-refractivity contribution in [3.8, 4) is 0 Å². The summed E-state index contributed by atoms with van der Waals surface area (Å²) in [5.41, 5.74) is 2.49. The third-order valence-corrected chi connectivity index (χ3v) is 3.47. The standard InChI is InChI=1S/C18H20N2O2/c1-3-17(21)13-9-5-7-11-15(13)19-20-16-12-8-6-10-14(16)18(22)4-2/h5-12,17,21H,3-4H2,1-2H3. The van der Waals surface area contributed by atoms with Crippen molar-refractivity contribution in [3.05, 3.63) is 59.7 Å². The number of ketones is 1. The molecule has 114 valence electrons. The number of aliphatic hydroxyl groups excluding tert-OH is 1. The van der Waals surface area contributed by atoms with Crippen molar-refractivity contribution in [1.29, 1.82) is 0 Å². The zero-order valence-corrected chi connectivity index (χ0v) is 12.9. The van der Waals surface area contributed by atoms with E-state index in [-0.39, 0.29) is 5.78 Å². The molecule has 0 bridgehead atoms. The van der Waals surface area contributed by atoms with Crippen LogP contribution in [0.15, 0.2) is 58.8 Å². The van der Waals surface area contributed by atoms with Gasteiger partial charge in [0.15, 0.2) is 5.78 Å². The molecule has 0 radical (unpaired) electrons. The maximum Gasteiger partial charge on any atom is 0.164 e. The van der Waals surface area contributed by atoms with E-state index >= 15 is 0 Å². The molecule has 0 aliphatic carbocycles. The molecule has 0 amide bonds. The second-order valence-corrected chi connectivity index (χ2v) is 4.98. The van der Waals surface area contributed by atoms with Crippen molar-refractivity contribution in [2.45, 2.75) is 32.8 Å². The maximum absolute atomic E-state index is 11.9. The number of benzene rings is 2. The average molecular weight is 296 g/mol. The van der Waals surface area contributed by atoms with Gasteiger partial charge >= 0.3 is 0 Å². The maximum atomic E-state index is 11.9. The fourth-order valence-corrected chi connectivity index (χ4v) is 2.18. The van der Waals surface area contributed by atoms with Crippen LogP contribution in [0.3, 0.4) is 0 Å². The molecule has 1 unspecified atom stereocenters. The van der Waals surface area contributed by atoms with Crippen molar-refractivity contribution >= 4 is 17.2 Å². The second kappa shape index (κ2) is 7.61. The zero-order valence-electron chi connectivity index (χ0n) is 12.9. The van der Waals surface area contributed by atoms with Crippen LogP contribution in [-0.4, -0.2) is 10.9 Å². The Balaban J connectivity index is 2.36. The Kier molecular flexibility index (Phi) is 5.55. The predicted molar refractivity (Wildman–Crippen MR) is 86.9 cm³/mol.